The Kier molecular flexibility index (Phi) is 5.09. The van der Waals surface area contributed by atoms with Crippen molar-refractivity contribution in [2.75, 3.05) is 14.2 Å². The van der Waals surface area contributed by atoms with E-state index < -0.39 is 5.95 Å². The van der Waals surface area contributed by atoms with Crippen LogP contribution in [0.15, 0.2) is 53.1 Å². The van der Waals surface area contributed by atoms with Gasteiger partial charge < -0.3 is 19.3 Å². The molecular weight excluding hydrogens is 358 g/mol. The van der Waals surface area contributed by atoms with Crippen molar-refractivity contribution in [1.82, 2.24) is 10.2 Å². The number of halogens is 1. The first-order chi connectivity index (χ1) is 12.5. The maximum atomic E-state index is 12.6. The maximum Gasteiger partial charge on any atom is 0.259 e. The van der Waals surface area contributed by atoms with Crippen LogP contribution in [0.1, 0.15) is 16.1 Å². The molecule has 0 unspecified atom stereocenters. The zero-order valence-electron chi connectivity index (χ0n) is 14.2. The highest BCUT2D eigenvalue weighted by Gasteiger charge is 2.24. The Bertz CT molecular complexity index is 924. The number of ether oxygens (including phenoxy) is 1. The topological polar surface area (TPSA) is 82.5 Å². The summed E-state index contributed by atoms with van der Waals surface area (Å²) in [5, 5.41) is 16.3. The minimum Gasteiger partial charge on any atom is -0.539 e. The molecule has 3 aromatic rings. The van der Waals surface area contributed by atoms with E-state index in [1.54, 1.807) is 62.7 Å². The summed E-state index contributed by atoms with van der Waals surface area (Å²) < 4.78 is 11.3. The Labute approximate surface area is 155 Å². The number of aromatic nitrogens is 2. The molecule has 7 nitrogen and oxygen atoms in total. The number of rotatable bonds is 5. The molecule has 3 rings (SSSR count). The average molecular weight is 374 g/mol. The van der Waals surface area contributed by atoms with E-state index in [2.05, 4.69) is 5.27 Å². The van der Waals surface area contributed by atoms with E-state index in [0.717, 1.165) is 0 Å². The molecule has 1 amide bonds. The molecule has 8 heteroatoms. The summed E-state index contributed by atoms with van der Waals surface area (Å²) >= 11 is 5.93. The minimum atomic E-state index is -0.605. The van der Waals surface area contributed by atoms with Crippen LogP contribution in [0.25, 0.3) is 5.69 Å². The lowest BCUT2D eigenvalue weighted by Crippen LogP contribution is -2.40. The van der Waals surface area contributed by atoms with E-state index >= 15 is 0 Å². The number of benzene rings is 2. The Morgan fingerprint density at radius 3 is 2.69 bits per heavy atom. The monoisotopic (exact) mass is 373 g/mol. The van der Waals surface area contributed by atoms with E-state index in [1.807, 2.05) is 0 Å². The predicted octanol–water partition coefficient (Wildman–Crippen LogP) is 1.96. The molecule has 134 valence electrons. The molecular formula is C18H16ClN3O4. The van der Waals surface area contributed by atoms with Gasteiger partial charge in [-0.1, -0.05) is 17.7 Å². The Morgan fingerprint density at radius 1 is 1.31 bits per heavy atom. The molecule has 2 aromatic carbocycles. The number of carbonyl (C=O) groups excluding carboxylic acids is 1. The molecule has 0 N–H and O–H groups in total. The van der Waals surface area contributed by atoms with Crippen LogP contribution in [0.3, 0.4) is 0 Å². The van der Waals surface area contributed by atoms with Crippen LogP contribution < -0.4 is 14.5 Å². The predicted molar refractivity (Wildman–Crippen MR) is 91.3 cm³/mol. The van der Waals surface area contributed by atoms with Crippen molar-refractivity contribution >= 4 is 17.5 Å². The first kappa shape index (κ1) is 17.8. The first-order valence-electron chi connectivity index (χ1n) is 7.73. The number of hydrogen-bond acceptors (Lipinski definition) is 5. The van der Waals surface area contributed by atoms with Gasteiger partial charge in [0.2, 0.25) is 5.69 Å². The van der Waals surface area contributed by atoms with E-state index in [1.165, 1.54) is 9.58 Å². The standard InChI is InChI=1S/C18H16ClN3O4/c1-21(17(23)12-4-3-5-13(19)10-12)11-16-18(24)26-20-22(16)14-6-8-15(25-2)9-7-14/h3-10H,11H2,1-2H3. The average Bonchev–Trinajstić information content (AvgIpc) is 3.01. The van der Waals surface area contributed by atoms with Gasteiger partial charge in [0.25, 0.3) is 11.6 Å². The van der Waals surface area contributed by atoms with Crippen LogP contribution >= 0.6 is 11.6 Å². The smallest absolute Gasteiger partial charge is 0.259 e. The lowest BCUT2D eigenvalue weighted by atomic mass is 10.2. The molecule has 0 radical (unpaired) electrons. The van der Waals surface area contributed by atoms with Gasteiger partial charge in [-0.05, 0) is 35.0 Å². The van der Waals surface area contributed by atoms with Crippen molar-refractivity contribution in [1.29, 1.82) is 0 Å². The van der Waals surface area contributed by atoms with Crippen LogP contribution in [-0.4, -0.2) is 30.2 Å². The Balaban J connectivity index is 1.85. The number of carbonyl (C=O) groups is 1. The summed E-state index contributed by atoms with van der Waals surface area (Å²) in [7, 11) is 3.16. The third-order valence-corrected chi connectivity index (χ3v) is 4.05. The summed E-state index contributed by atoms with van der Waals surface area (Å²) in [6, 6.07) is 13.6. The highest BCUT2D eigenvalue weighted by atomic mass is 35.5. The lowest BCUT2D eigenvalue weighted by molar-refractivity contribution is -0.678. The second-order valence-corrected chi connectivity index (χ2v) is 6.02. The number of hydrogen-bond donors (Lipinski definition) is 0. The van der Waals surface area contributed by atoms with Crippen molar-refractivity contribution in [2.24, 2.45) is 0 Å². The van der Waals surface area contributed by atoms with Crippen LogP contribution in [0.5, 0.6) is 11.7 Å². The quantitative estimate of drug-likeness (QED) is 0.638. The van der Waals surface area contributed by atoms with Crippen LogP contribution in [0.2, 0.25) is 5.02 Å². The van der Waals surface area contributed by atoms with Crippen molar-refractivity contribution in [2.45, 2.75) is 6.54 Å². The SMILES string of the molecule is COc1ccc(-[n+]2noc([O-])c2CN(C)C(=O)c2cccc(Cl)c2)cc1. The summed E-state index contributed by atoms with van der Waals surface area (Å²) in [4.78, 5) is 14.0. The van der Waals surface area contributed by atoms with Crippen LogP contribution in [-0.2, 0) is 6.54 Å². The van der Waals surface area contributed by atoms with Crippen LogP contribution in [0, 0.1) is 0 Å². The summed E-state index contributed by atoms with van der Waals surface area (Å²) in [6.45, 7) is 0.0275. The second-order valence-electron chi connectivity index (χ2n) is 5.59. The summed E-state index contributed by atoms with van der Waals surface area (Å²) in [6.07, 6.45) is 0. The van der Waals surface area contributed by atoms with Gasteiger partial charge in [0.1, 0.15) is 12.3 Å². The molecule has 0 aliphatic rings. The molecule has 0 saturated carbocycles. The van der Waals surface area contributed by atoms with Crippen LogP contribution in [0.4, 0.5) is 0 Å². The highest BCUT2D eigenvalue weighted by molar-refractivity contribution is 6.30. The van der Waals surface area contributed by atoms with E-state index in [9.17, 15) is 9.90 Å². The third kappa shape index (κ3) is 3.62. The van der Waals surface area contributed by atoms with Crippen molar-refractivity contribution < 1.29 is 23.8 Å². The van der Waals surface area contributed by atoms with Gasteiger partial charge in [-0.2, -0.15) is 0 Å². The van der Waals surface area contributed by atoms with E-state index in [-0.39, 0.29) is 18.1 Å². The molecule has 26 heavy (non-hydrogen) atoms. The molecule has 0 aliphatic heterocycles. The van der Waals surface area contributed by atoms with Crippen molar-refractivity contribution in [3.05, 3.63) is 64.8 Å². The molecule has 0 atom stereocenters. The zero-order chi connectivity index (χ0) is 18.7. The number of nitrogens with zero attached hydrogens (tertiary/aromatic N) is 3. The lowest BCUT2D eigenvalue weighted by Gasteiger charge is -2.15. The van der Waals surface area contributed by atoms with Crippen molar-refractivity contribution in [3.8, 4) is 17.4 Å². The van der Waals surface area contributed by atoms with Crippen molar-refractivity contribution in [3.63, 3.8) is 0 Å². The number of methoxy groups -OCH3 is 1. The minimum absolute atomic E-state index is 0.0275. The normalized spacial score (nSPS) is 10.6. The second kappa shape index (κ2) is 7.45. The molecule has 0 aliphatic carbocycles. The largest absolute Gasteiger partial charge is 0.539 e. The van der Waals surface area contributed by atoms with Gasteiger partial charge in [-0.3, -0.25) is 4.79 Å². The van der Waals surface area contributed by atoms with Gasteiger partial charge in [-0.25, -0.2) is 0 Å². The summed E-state index contributed by atoms with van der Waals surface area (Å²) in [5.41, 5.74) is 1.28. The van der Waals surface area contributed by atoms with E-state index in [0.29, 0.717) is 22.0 Å². The number of amides is 1. The van der Waals surface area contributed by atoms with Gasteiger partial charge in [0, 0.05) is 29.8 Å². The molecule has 1 aromatic heterocycles. The fraction of sp³-hybridized carbons (Fsp3) is 0.167. The van der Waals surface area contributed by atoms with Gasteiger partial charge in [-0.15, -0.1) is 0 Å². The molecule has 1 heterocycles. The van der Waals surface area contributed by atoms with Gasteiger partial charge in [0.15, 0.2) is 5.95 Å². The maximum absolute atomic E-state index is 12.6. The van der Waals surface area contributed by atoms with E-state index in [4.69, 9.17) is 20.9 Å². The Hall–Kier alpha value is -3.06. The third-order valence-electron chi connectivity index (χ3n) is 3.82. The van der Waals surface area contributed by atoms with Gasteiger partial charge in [0.05, 0.1) is 12.4 Å². The molecule has 0 spiro atoms. The molecule has 0 fully saturated rings. The Morgan fingerprint density at radius 2 is 2.04 bits per heavy atom. The van der Waals surface area contributed by atoms with Gasteiger partial charge >= 0.3 is 0 Å². The fourth-order valence-corrected chi connectivity index (χ4v) is 2.65. The zero-order valence-corrected chi connectivity index (χ0v) is 14.9. The molecule has 0 saturated heterocycles. The highest BCUT2D eigenvalue weighted by Crippen LogP contribution is 2.17. The fourth-order valence-electron chi connectivity index (χ4n) is 2.46. The first-order valence-corrected chi connectivity index (χ1v) is 8.10. The summed E-state index contributed by atoms with van der Waals surface area (Å²) in [5.74, 6) is -0.198. The molecule has 0 bridgehead atoms.